The van der Waals surface area contributed by atoms with Gasteiger partial charge in [0.1, 0.15) is 0 Å². The standard InChI is InChI=1S/C14H19Br2NS/c1-2-3-17-13(10-5-8-4-9(8)6-10)11-7-12(15)18-14(11)16/h7-10,13,17H,2-6H2,1H3. The third-order valence-electron chi connectivity index (χ3n) is 4.38. The number of hydrogen-bond acceptors (Lipinski definition) is 2. The molecule has 0 bridgehead atoms. The van der Waals surface area contributed by atoms with E-state index in [9.17, 15) is 0 Å². The highest BCUT2D eigenvalue weighted by atomic mass is 79.9. The summed E-state index contributed by atoms with van der Waals surface area (Å²) in [4.78, 5) is 0. The topological polar surface area (TPSA) is 12.0 Å². The SMILES string of the molecule is CCCNC(c1cc(Br)sc1Br)C1CC2CC2C1. The van der Waals surface area contributed by atoms with E-state index < -0.39 is 0 Å². The van der Waals surface area contributed by atoms with Crippen LogP contribution in [0.4, 0.5) is 0 Å². The van der Waals surface area contributed by atoms with E-state index in [1.807, 2.05) is 0 Å². The summed E-state index contributed by atoms with van der Waals surface area (Å²) < 4.78 is 2.53. The fourth-order valence-corrected chi connectivity index (χ4v) is 6.36. The molecule has 3 rings (SSSR count). The van der Waals surface area contributed by atoms with Gasteiger partial charge in [-0.15, -0.1) is 11.3 Å². The van der Waals surface area contributed by atoms with Crippen molar-refractivity contribution < 1.29 is 0 Å². The van der Waals surface area contributed by atoms with Gasteiger partial charge in [-0.05, 0) is 93.5 Å². The Balaban J connectivity index is 1.78. The van der Waals surface area contributed by atoms with Crippen molar-refractivity contribution in [2.45, 2.75) is 38.6 Å². The van der Waals surface area contributed by atoms with Crippen LogP contribution in [0.25, 0.3) is 0 Å². The second-order valence-corrected chi connectivity index (χ2v) is 9.45. The third kappa shape index (κ3) is 2.72. The van der Waals surface area contributed by atoms with Crippen LogP contribution in [0.3, 0.4) is 0 Å². The van der Waals surface area contributed by atoms with E-state index in [2.05, 4.69) is 50.2 Å². The molecular formula is C14H19Br2NS. The van der Waals surface area contributed by atoms with Crippen molar-refractivity contribution in [2.24, 2.45) is 17.8 Å². The van der Waals surface area contributed by atoms with Crippen LogP contribution in [0.15, 0.2) is 13.6 Å². The van der Waals surface area contributed by atoms with Gasteiger partial charge in [0.15, 0.2) is 0 Å². The Labute approximate surface area is 130 Å². The molecule has 3 atom stereocenters. The summed E-state index contributed by atoms with van der Waals surface area (Å²) in [6.07, 6.45) is 5.59. The lowest BCUT2D eigenvalue weighted by Gasteiger charge is -2.26. The second-order valence-electron chi connectivity index (χ2n) is 5.70. The lowest BCUT2D eigenvalue weighted by molar-refractivity contribution is 0.341. The molecule has 4 heteroatoms. The largest absolute Gasteiger partial charge is 0.310 e. The molecule has 2 aliphatic carbocycles. The van der Waals surface area contributed by atoms with Gasteiger partial charge in [-0.3, -0.25) is 0 Å². The highest BCUT2D eigenvalue weighted by molar-refractivity contribution is 9.12. The van der Waals surface area contributed by atoms with Crippen molar-refractivity contribution >= 4 is 43.2 Å². The molecule has 0 aliphatic heterocycles. The maximum absolute atomic E-state index is 3.78. The first kappa shape index (κ1) is 13.6. The van der Waals surface area contributed by atoms with Crippen LogP contribution in [0, 0.1) is 17.8 Å². The molecule has 2 saturated carbocycles. The number of nitrogens with one attached hydrogen (secondary N) is 1. The molecule has 100 valence electrons. The Bertz CT molecular complexity index is 421. The normalized spacial score (nSPS) is 31.4. The van der Waals surface area contributed by atoms with Crippen molar-refractivity contribution in [3.8, 4) is 0 Å². The Hall–Kier alpha value is 0.620. The van der Waals surface area contributed by atoms with Crippen molar-refractivity contribution in [1.29, 1.82) is 0 Å². The minimum atomic E-state index is 0.551. The molecule has 18 heavy (non-hydrogen) atoms. The van der Waals surface area contributed by atoms with E-state index in [4.69, 9.17) is 0 Å². The van der Waals surface area contributed by atoms with Gasteiger partial charge in [-0.2, -0.15) is 0 Å². The molecule has 1 nitrogen and oxygen atoms in total. The molecule has 0 saturated heterocycles. The molecule has 1 aromatic rings. The summed E-state index contributed by atoms with van der Waals surface area (Å²) in [5.74, 6) is 2.96. The lowest BCUT2D eigenvalue weighted by atomic mass is 9.90. The smallest absolute Gasteiger partial charge is 0.0758 e. The van der Waals surface area contributed by atoms with Crippen molar-refractivity contribution in [2.75, 3.05) is 6.54 Å². The first-order valence-corrected chi connectivity index (χ1v) is 9.27. The van der Waals surface area contributed by atoms with E-state index in [1.165, 1.54) is 38.8 Å². The number of fused-ring (bicyclic) bond motifs is 1. The summed E-state index contributed by atoms with van der Waals surface area (Å²) in [7, 11) is 0. The van der Waals surface area contributed by atoms with Crippen LogP contribution in [0.1, 0.15) is 44.2 Å². The number of rotatable bonds is 5. The van der Waals surface area contributed by atoms with E-state index in [1.54, 1.807) is 11.3 Å². The van der Waals surface area contributed by atoms with Gasteiger partial charge in [0.25, 0.3) is 0 Å². The Morgan fingerprint density at radius 1 is 1.33 bits per heavy atom. The van der Waals surface area contributed by atoms with Gasteiger partial charge in [0.2, 0.25) is 0 Å². The minimum absolute atomic E-state index is 0.551. The first-order chi connectivity index (χ1) is 8.69. The molecule has 1 heterocycles. The van der Waals surface area contributed by atoms with Crippen molar-refractivity contribution in [3.63, 3.8) is 0 Å². The fourth-order valence-electron chi connectivity index (χ4n) is 3.43. The third-order valence-corrected chi connectivity index (χ3v) is 6.77. The molecule has 1 N–H and O–H groups in total. The zero-order chi connectivity index (χ0) is 12.7. The Kier molecular flexibility index (Phi) is 4.19. The predicted molar refractivity (Wildman–Crippen MR) is 85.1 cm³/mol. The van der Waals surface area contributed by atoms with E-state index in [-0.39, 0.29) is 0 Å². The van der Waals surface area contributed by atoms with Crippen LogP contribution in [0.2, 0.25) is 0 Å². The molecule has 2 fully saturated rings. The molecule has 0 radical (unpaired) electrons. The monoisotopic (exact) mass is 391 g/mol. The van der Waals surface area contributed by atoms with Gasteiger partial charge in [-0.1, -0.05) is 6.92 Å². The summed E-state index contributed by atoms with van der Waals surface area (Å²) in [6.45, 7) is 3.37. The summed E-state index contributed by atoms with van der Waals surface area (Å²) in [5.41, 5.74) is 1.46. The average molecular weight is 393 g/mol. The highest BCUT2D eigenvalue weighted by Crippen LogP contribution is 2.57. The maximum atomic E-state index is 3.78. The van der Waals surface area contributed by atoms with Gasteiger partial charge < -0.3 is 5.32 Å². The summed E-state index contributed by atoms with van der Waals surface area (Å²) in [5, 5.41) is 3.78. The van der Waals surface area contributed by atoms with Crippen LogP contribution >= 0.6 is 43.2 Å². The Morgan fingerprint density at radius 2 is 2.06 bits per heavy atom. The zero-order valence-electron chi connectivity index (χ0n) is 10.6. The lowest BCUT2D eigenvalue weighted by Crippen LogP contribution is -2.28. The molecule has 2 aliphatic rings. The summed E-state index contributed by atoms with van der Waals surface area (Å²) in [6, 6.07) is 2.85. The predicted octanol–water partition coefficient (Wildman–Crippen LogP) is 5.36. The maximum Gasteiger partial charge on any atom is 0.0758 e. The molecule has 0 aromatic carbocycles. The van der Waals surface area contributed by atoms with Crippen LogP contribution < -0.4 is 5.32 Å². The van der Waals surface area contributed by atoms with E-state index >= 15 is 0 Å². The zero-order valence-corrected chi connectivity index (χ0v) is 14.6. The van der Waals surface area contributed by atoms with Gasteiger partial charge >= 0.3 is 0 Å². The minimum Gasteiger partial charge on any atom is -0.310 e. The van der Waals surface area contributed by atoms with Crippen LogP contribution in [0.5, 0.6) is 0 Å². The molecular weight excluding hydrogens is 374 g/mol. The quantitative estimate of drug-likeness (QED) is 0.710. The second kappa shape index (κ2) is 5.55. The summed E-state index contributed by atoms with van der Waals surface area (Å²) >= 11 is 9.14. The number of halogens is 2. The highest BCUT2D eigenvalue weighted by Gasteiger charge is 2.48. The van der Waals surface area contributed by atoms with Crippen LogP contribution in [-0.4, -0.2) is 6.54 Å². The van der Waals surface area contributed by atoms with Gasteiger partial charge in [0, 0.05) is 6.04 Å². The molecule has 0 amide bonds. The van der Waals surface area contributed by atoms with Crippen molar-refractivity contribution in [1.82, 2.24) is 5.32 Å². The van der Waals surface area contributed by atoms with Crippen molar-refractivity contribution in [3.05, 3.63) is 19.2 Å². The Morgan fingerprint density at radius 3 is 2.61 bits per heavy atom. The number of hydrogen-bond donors (Lipinski definition) is 1. The molecule has 1 aromatic heterocycles. The molecule has 3 unspecified atom stereocenters. The van der Waals surface area contributed by atoms with E-state index in [0.29, 0.717) is 6.04 Å². The van der Waals surface area contributed by atoms with Gasteiger partial charge in [0.05, 0.1) is 7.57 Å². The first-order valence-electron chi connectivity index (χ1n) is 6.87. The van der Waals surface area contributed by atoms with Gasteiger partial charge in [-0.25, -0.2) is 0 Å². The fraction of sp³-hybridized carbons (Fsp3) is 0.714. The van der Waals surface area contributed by atoms with E-state index in [0.717, 1.165) is 24.3 Å². The molecule has 0 spiro atoms. The average Bonchev–Trinajstić information content (AvgIpc) is 2.79. The number of thiophene rings is 1. The van der Waals surface area contributed by atoms with Crippen LogP contribution in [-0.2, 0) is 0 Å².